The fraction of sp³-hybridized carbons (Fsp3) is 0. The maximum absolute atomic E-state index is 9.67. The minimum Gasteiger partial charge on any atom is -0.319 e. The third-order valence-corrected chi connectivity index (χ3v) is 9.59. The van der Waals surface area contributed by atoms with Gasteiger partial charge in [-0.15, -0.1) is 0 Å². The lowest BCUT2D eigenvalue weighted by molar-refractivity contribution is 1.18. The topological polar surface area (TPSA) is 42.4 Å². The van der Waals surface area contributed by atoms with E-state index in [1.807, 2.05) is 78.9 Å². The molecule has 0 radical (unpaired) electrons. The molecule has 0 saturated heterocycles. The molecule has 0 N–H and O–H groups in total. The Labute approximate surface area is 288 Å². The van der Waals surface area contributed by atoms with E-state index in [0.717, 1.165) is 77.2 Å². The van der Waals surface area contributed by atoms with E-state index in [1.54, 1.807) is 0 Å². The third kappa shape index (κ3) is 4.24. The van der Waals surface area contributed by atoms with Gasteiger partial charge in [0, 0.05) is 21.8 Å². The van der Waals surface area contributed by atoms with Gasteiger partial charge >= 0.3 is 0 Å². The van der Waals surface area contributed by atoms with Gasteiger partial charge in [0.2, 0.25) is 11.4 Å². The zero-order chi connectivity index (χ0) is 33.8. The number of para-hydroxylation sites is 4. The Morgan fingerprint density at radius 3 is 1.82 bits per heavy atom. The Hall–Kier alpha value is -7.39. The van der Waals surface area contributed by atoms with Gasteiger partial charge in [-0.2, -0.15) is 5.26 Å². The van der Waals surface area contributed by atoms with Crippen molar-refractivity contribution in [2.24, 2.45) is 0 Å². The number of nitriles is 1. The maximum Gasteiger partial charge on any atom is 0.211 e. The Bertz CT molecular complexity index is 2920. The minimum atomic E-state index is 0.551. The van der Waals surface area contributed by atoms with Crippen LogP contribution < -0.4 is 0 Å². The zero-order valence-electron chi connectivity index (χ0n) is 26.7. The molecule has 2 heterocycles. The molecule has 0 aliphatic rings. The number of hydrogen-bond donors (Lipinski definition) is 0. The fourth-order valence-corrected chi connectivity index (χ4v) is 7.50. The number of nitrogens with zero attached hydrogens (tertiary/aromatic N) is 5. The van der Waals surface area contributed by atoms with E-state index < -0.39 is 0 Å². The van der Waals surface area contributed by atoms with Gasteiger partial charge in [0.1, 0.15) is 0 Å². The molecule has 0 atom stereocenters. The molecule has 9 rings (SSSR count). The van der Waals surface area contributed by atoms with E-state index in [9.17, 15) is 5.26 Å². The Kier molecular flexibility index (Phi) is 6.56. The van der Waals surface area contributed by atoms with Crippen LogP contribution in [0.3, 0.4) is 0 Å². The second-order valence-electron chi connectivity index (χ2n) is 12.2. The summed E-state index contributed by atoms with van der Waals surface area (Å²) in [5.74, 6) is 0. The van der Waals surface area contributed by atoms with E-state index in [2.05, 4.69) is 97.7 Å². The van der Waals surface area contributed by atoms with Crippen molar-refractivity contribution in [2.75, 3.05) is 0 Å². The largest absolute Gasteiger partial charge is 0.319 e. The monoisotopic (exact) mass is 635 g/mol. The smallest absolute Gasteiger partial charge is 0.211 e. The lowest BCUT2D eigenvalue weighted by Gasteiger charge is -2.19. The number of benzene rings is 7. The van der Waals surface area contributed by atoms with Crippen LogP contribution in [-0.2, 0) is 0 Å². The molecule has 0 spiro atoms. The van der Waals surface area contributed by atoms with Crippen LogP contribution in [0.1, 0.15) is 5.56 Å². The summed E-state index contributed by atoms with van der Waals surface area (Å²) >= 11 is 0. The first-order valence-electron chi connectivity index (χ1n) is 16.2. The molecule has 0 bridgehead atoms. The first kappa shape index (κ1) is 28.8. The molecule has 0 fully saturated rings. The SMILES string of the molecule is [C-]#[N+]c1cccc(-c2ccccc2-c2cccc(-n3c4ccc(C#N)cc4c4cccc([N+]#[C-])c43)c2)c1-n1c2ccccc2c2ccccc21. The van der Waals surface area contributed by atoms with Gasteiger partial charge in [-0.05, 0) is 70.1 Å². The summed E-state index contributed by atoms with van der Waals surface area (Å²) in [6.45, 7) is 16.2. The quantitative estimate of drug-likeness (QED) is 0.177. The summed E-state index contributed by atoms with van der Waals surface area (Å²) in [5, 5.41) is 13.8. The number of rotatable bonds is 4. The molecular formula is C45H25N5. The number of aromatic nitrogens is 2. The molecule has 5 nitrogen and oxygen atoms in total. The molecule has 0 aliphatic heterocycles. The van der Waals surface area contributed by atoms with Crippen molar-refractivity contribution in [3.8, 4) is 39.7 Å². The van der Waals surface area contributed by atoms with Crippen molar-refractivity contribution in [3.05, 3.63) is 180 Å². The van der Waals surface area contributed by atoms with E-state index in [4.69, 9.17) is 13.1 Å². The molecule has 5 heteroatoms. The Balaban J connectivity index is 1.30. The lowest BCUT2D eigenvalue weighted by atomic mass is 9.92. The molecule has 0 unspecified atom stereocenters. The van der Waals surface area contributed by atoms with Gasteiger partial charge < -0.3 is 9.13 Å². The highest BCUT2D eigenvalue weighted by molar-refractivity contribution is 6.14. The number of fused-ring (bicyclic) bond motifs is 6. The Morgan fingerprint density at radius 2 is 1.08 bits per heavy atom. The summed E-state index contributed by atoms with van der Waals surface area (Å²) in [6.07, 6.45) is 0. The molecule has 2 aromatic heterocycles. The molecule has 230 valence electrons. The molecule has 50 heavy (non-hydrogen) atoms. The van der Waals surface area contributed by atoms with Gasteiger partial charge in [-0.3, -0.25) is 0 Å². The van der Waals surface area contributed by atoms with E-state index >= 15 is 0 Å². The Morgan fingerprint density at radius 1 is 0.480 bits per heavy atom. The molecule has 9 aromatic rings. The van der Waals surface area contributed by atoms with Crippen LogP contribution in [0.4, 0.5) is 11.4 Å². The lowest BCUT2D eigenvalue weighted by Crippen LogP contribution is -1.99. The summed E-state index contributed by atoms with van der Waals surface area (Å²) in [5.41, 5.74) is 11.3. The highest BCUT2D eigenvalue weighted by Crippen LogP contribution is 2.44. The van der Waals surface area contributed by atoms with Gasteiger partial charge in [0.15, 0.2) is 0 Å². The van der Waals surface area contributed by atoms with Crippen molar-refractivity contribution in [3.63, 3.8) is 0 Å². The van der Waals surface area contributed by atoms with Crippen molar-refractivity contribution in [2.45, 2.75) is 0 Å². The van der Waals surface area contributed by atoms with E-state index in [0.29, 0.717) is 16.9 Å². The average Bonchev–Trinajstić information content (AvgIpc) is 3.70. The second kappa shape index (κ2) is 11.4. The highest BCUT2D eigenvalue weighted by atomic mass is 15.0. The average molecular weight is 636 g/mol. The van der Waals surface area contributed by atoms with Gasteiger partial charge in [-0.1, -0.05) is 109 Å². The van der Waals surface area contributed by atoms with Crippen LogP contribution in [0, 0.1) is 24.5 Å². The third-order valence-electron chi connectivity index (χ3n) is 9.59. The number of hydrogen-bond acceptors (Lipinski definition) is 1. The predicted octanol–water partition coefficient (Wildman–Crippen LogP) is 12.2. The second-order valence-corrected chi connectivity index (χ2v) is 12.2. The van der Waals surface area contributed by atoms with Crippen molar-refractivity contribution in [1.82, 2.24) is 9.13 Å². The molecule has 0 amide bonds. The van der Waals surface area contributed by atoms with Crippen molar-refractivity contribution in [1.29, 1.82) is 5.26 Å². The summed E-state index contributed by atoms with van der Waals surface area (Å²) in [4.78, 5) is 7.93. The van der Waals surface area contributed by atoms with Gasteiger partial charge in [0.25, 0.3) is 0 Å². The first-order valence-corrected chi connectivity index (χ1v) is 16.2. The molecular weight excluding hydrogens is 611 g/mol. The fourth-order valence-electron chi connectivity index (χ4n) is 7.50. The van der Waals surface area contributed by atoms with E-state index in [1.165, 1.54) is 0 Å². The van der Waals surface area contributed by atoms with E-state index in [-0.39, 0.29) is 0 Å². The molecule has 0 saturated carbocycles. The first-order chi connectivity index (χ1) is 24.7. The summed E-state index contributed by atoms with van der Waals surface area (Å²) in [6, 6.07) is 53.2. The van der Waals surface area contributed by atoms with Crippen LogP contribution in [0.5, 0.6) is 0 Å². The van der Waals surface area contributed by atoms with Crippen molar-refractivity contribution < 1.29 is 0 Å². The van der Waals surface area contributed by atoms with Crippen molar-refractivity contribution >= 4 is 55.0 Å². The van der Waals surface area contributed by atoms with Crippen LogP contribution >= 0.6 is 0 Å². The highest BCUT2D eigenvalue weighted by Gasteiger charge is 2.21. The summed E-state index contributed by atoms with van der Waals surface area (Å²) in [7, 11) is 0. The van der Waals surface area contributed by atoms with Crippen LogP contribution in [-0.4, -0.2) is 9.13 Å². The maximum atomic E-state index is 9.67. The zero-order valence-corrected chi connectivity index (χ0v) is 26.7. The standard InChI is InChI=1S/C45H25N5/c1-47-39-20-11-19-37-38-26-29(28-46)24-25-43(38)49(44(37)39)31-13-9-12-30(27-31)32-14-3-4-15-33(32)36-18-10-21-40(48-2)45(36)50-41-22-7-5-16-34(41)35-17-6-8-23-42(35)50/h3-27H. The minimum absolute atomic E-state index is 0.551. The van der Waals surface area contributed by atoms with Crippen LogP contribution in [0.25, 0.3) is 86.9 Å². The molecule has 7 aromatic carbocycles. The van der Waals surface area contributed by atoms with Crippen LogP contribution in [0.2, 0.25) is 0 Å². The molecule has 0 aliphatic carbocycles. The van der Waals surface area contributed by atoms with Gasteiger partial charge in [0.05, 0.1) is 52.5 Å². The normalized spacial score (nSPS) is 11.1. The van der Waals surface area contributed by atoms with Gasteiger partial charge in [-0.25, -0.2) is 9.69 Å². The van der Waals surface area contributed by atoms with Crippen LogP contribution in [0.15, 0.2) is 152 Å². The predicted molar refractivity (Wildman–Crippen MR) is 203 cm³/mol. The summed E-state index contributed by atoms with van der Waals surface area (Å²) < 4.78 is 4.37.